The van der Waals surface area contributed by atoms with E-state index in [0.717, 1.165) is 33.5 Å². The van der Waals surface area contributed by atoms with Gasteiger partial charge < -0.3 is 4.57 Å². The molecule has 0 spiro atoms. The quantitative estimate of drug-likeness (QED) is 0.190. The molecule has 0 aliphatic carbocycles. The summed E-state index contributed by atoms with van der Waals surface area (Å²) in [6.07, 6.45) is 0. The lowest BCUT2D eigenvalue weighted by atomic mass is 9.73. The Morgan fingerprint density at radius 1 is 0.451 bits per heavy atom. The van der Waals surface area contributed by atoms with Gasteiger partial charge in [-0.15, -0.1) is 0 Å². The lowest BCUT2D eigenvalue weighted by Crippen LogP contribution is -2.26. The molecular weight excluding hydrogens is 621 g/mol. The smallest absolute Gasteiger partial charge is 0.235 e. The normalized spacial score (nSPS) is 13.5. The highest BCUT2D eigenvalue weighted by molar-refractivity contribution is 6.23. The highest BCUT2D eigenvalue weighted by atomic mass is 15.2. The van der Waals surface area contributed by atoms with Crippen LogP contribution in [0.5, 0.6) is 0 Å². The van der Waals surface area contributed by atoms with Crippen LogP contribution in [0, 0.1) is 0 Å². The molecule has 0 saturated carbocycles. The van der Waals surface area contributed by atoms with Gasteiger partial charge in [-0.25, -0.2) is 9.97 Å². The predicted molar refractivity (Wildman–Crippen MR) is 211 cm³/mol. The first-order valence-corrected chi connectivity index (χ1v) is 17.6. The molecule has 0 radical (unpaired) electrons. The second kappa shape index (κ2) is 10.3. The van der Waals surface area contributed by atoms with E-state index in [9.17, 15) is 0 Å². The zero-order valence-electron chi connectivity index (χ0n) is 28.3. The third-order valence-electron chi connectivity index (χ3n) is 11.1. The summed E-state index contributed by atoms with van der Waals surface area (Å²) in [5.74, 6) is 0.658. The fraction of sp³-hybridized carbons (Fsp3) is 0.0638. The first kappa shape index (κ1) is 28.3. The molecule has 4 nitrogen and oxygen atoms in total. The Bertz CT molecular complexity index is 2980. The van der Waals surface area contributed by atoms with Crippen LogP contribution in [0.25, 0.3) is 88.5 Å². The van der Waals surface area contributed by atoms with Crippen LogP contribution >= 0.6 is 0 Å². The number of hydrogen-bond acceptors (Lipinski definition) is 2. The molecule has 3 aromatic heterocycles. The number of hydrogen-bond donors (Lipinski definition) is 0. The van der Waals surface area contributed by atoms with Crippen LogP contribution in [0.4, 0.5) is 0 Å². The average Bonchev–Trinajstić information content (AvgIpc) is 3.70. The molecule has 0 unspecified atom stereocenters. The summed E-state index contributed by atoms with van der Waals surface area (Å²) in [4.78, 5) is 10.6. The van der Waals surface area contributed by atoms with E-state index in [-0.39, 0.29) is 5.41 Å². The van der Waals surface area contributed by atoms with Crippen LogP contribution in [0.1, 0.15) is 25.0 Å². The summed E-state index contributed by atoms with van der Waals surface area (Å²) >= 11 is 0. The number of aromatic nitrogens is 4. The maximum absolute atomic E-state index is 5.31. The second-order valence-corrected chi connectivity index (χ2v) is 14.3. The third-order valence-corrected chi connectivity index (χ3v) is 11.1. The molecule has 11 rings (SSSR count). The molecule has 0 fully saturated rings. The van der Waals surface area contributed by atoms with Crippen LogP contribution in [0.15, 0.2) is 158 Å². The maximum Gasteiger partial charge on any atom is 0.235 e. The van der Waals surface area contributed by atoms with Crippen LogP contribution in [0.2, 0.25) is 0 Å². The van der Waals surface area contributed by atoms with Crippen molar-refractivity contribution in [2.75, 3.05) is 0 Å². The predicted octanol–water partition coefficient (Wildman–Crippen LogP) is 11.8. The molecule has 4 heteroatoms. The first-order valence-electron chi connectivity index (χ1n) is 17.6. The van der Waals surface area contributed by atoms with E-state index in [2.05, 4.69) is 169 Å². The third kappa shape index (κ3) is 3.90. The Hall–Kier alpha value is -6.52. The fourth-order valence-corrected chi connectivity index (χ4v) is 8.67. The Morgan fingerprint density at radius 3 is 1.71 bits per heavy atom. The Kier molecular flexibility index (Phi) is 5.70. The summed E-state index contributed by atoms with van der Waals surface area (Å²) in [6.45, 7) is 4.78. The number of fused-ring (bicyclic) bond motifs is 10. The fourth-order valence-electron chi connectivity index (χ4n) is 8.67. The molecule has 7 aromatic carbocycles. The van der Waals surface area contributed by atoms with Crippen molar-refractivity contribution < 1.29 is 0 Å². The summed E-state index contributed by atoms with van der Waals surface area (Å²) in [6, 6.07) is 56.6. The van der Waals surface area contributed by atoms with Gasteiger partial charge in [-0.3, -0.25) is 4.57 Å². The molecule has 51 heavy (non-hydrogen) atoms. The zero-order chi connectivity index (χ0) is 33.8. The molecule has 4 heterocycles. The van der Waals surface area contributed by atoms with Crippen molar-refractivity contribution in [2.45, 2.75) is 19.3 Å². The molecule has 0 atom stereocenters. The van der Waals surface area contributed by atoms with Gasteiger partial charge >= 0.3 is 0 Å². The maximum atomic E-state index is 5.31. The molecule has 1 aliphatic rings. The molecule has 0 saturated heterocycles. The minimum Gasteiger partial charge on any atom is -0.309 e. The van der Waals surface area contributed by atoms with E-state index in [1.165, 1.54) is 60.2 Å². The average molecular weight is 653 g/mol. The van der Waals surface area contributed by atoms with Gasteiger partial charge in [-0.1, -0.05) is 135 Å². The molecule has 0 N–H and O–H groups in total. The minimum atomic E-state index is -0.246. The summed E-state index contributed by atoms with van der Waals surface area (Å²) in [7, 11) is 0. The van der Waals surface area contributed by atoms with Crippen LogP contribution in [0.3, 0.4) is 0 Å². The highest BCUT2D eigenvalue weighted by Crippen LogP contribution is 2.51. The van der Waals surface area contributed by atoms with Crippen molar-refractivity contribution in [3.8, 4) is 34.2 Å². The number of rotatable bonds is 3. The van der Waals surface area contributed by atoms with Gasteiger partial charge in [0.15, 0.2) is 0 Å². The summed E-state index contributed by atoms with van der Waals surface area (Å²) < 4.78 is 4.79. The molecular formula is C47H32N4. The summed E-state index contributed by atoms with van der Waals surface area (Å²) in [5, 5.41) is 7.56. The largest absolute Gasteiger partial charge is 0.309 e. The molecule has 10 aromatic rings. The zero-order valence-corrected chi connectivity index (χ0v) is 28.3. The van der Waals surface area contributed by atoms with Gasteiger partial charge in [0.2, 0.25) is 5.95 Å². The van der Waals surface area contributed by atoms with Crippen molar-refractivity contribution in [1.82, 2.24) is 19.1 Å². The van der Waals surface area contributed by atoms with E-state index < -0.39 is 0 Å². The second-order valence-electron chi connectivity index (χ2n) is 14.3. The monoisotopic (exact) mass is 652 g/mol. The van der Waals surface area contributed by atoms with Crippen molar-refractivity contribution in [3.63, 3.8) is 0 Å². The number of nitrogens with zero attached hydrogens (tertiary/aromatic N) is 4. The van der Waals surface area contributed by atoms with Crippen molar-refractivity contribution in [2.24, 2.45) is 0 Å². The SMILES string of the molecule is CC1(C)c2cc3c4ccccc4n(-c4nc(-c5ccccc5)cc(-c5ccccc5)n4)c3cc2-n2c3ccccc3c3c4ccccc4cc1c32. The van der Waals surface area contributed by atoms with E-state index in [0.29, 0.717) is 5.95 Å². The van der Waals surface area contributed by atoms with Gasteiger partial charge in [0, 0.05) is 38.1 Å². The van der Waals surface area contributed by atoms with Crippen LogP contribution in [-0.2, 0) is 5.41 Å². The Labute approximate surface area is 294 Å². The van der Waals surface area contributed by atoms with Crippen LogP contribution < -0.4 is 0 Å². The van der Waals surface area contributed by atoms with Crippen molar-refractivity contribution >= 4 is 54.4 Å². The standard InChI is InChI=1S/C47H32N4/c1-47(2)36-26-35-33-21-11-13-23-40(33)51(46-48-38(29-15-5-3-6-16-29)27-39(49-46)30-17-7-4-8-18-30)42(35)28-43(36)50-41-24-14-12-22-34(41)44-32-20-10-9-19-31(32)25-37(47)45(44)50/h3-28H,1-2H3. The van der Waals surface area contributed by atoms with Gasteiger partial charge in [0.1, 0.15) is 0 Å². The molecule has 0 amide bonds. The van der Waals surface area contributed by atoms with Gasteiger partial charge in [-0.05, 0) is 58.3 Å². The lowest BCUT2D eigenvalue weighted by Gasteiger charge is -2.35. The summed E-state index contributed by atoms with van der Waals surface area (Å²) in [5.41, 5.74) is 12.2. The molecule has 240 valence electrons. The number of para-hydroxylation sites is 2. The van der Waals surface area contributed by atoms with Crippen molar-refractivity contribution in [3.05, 3.63) is 169 Å². The first-order chi connectivity index (χ1) is 25.1. The Morgan fingerprint density at radius 2 is 1.02 bits per heavy atom. The van der Waals surface area contributed by atoms with Crippen LogP contribution in [-0.4, -0.2) is 19.1 Å². The van der Waals surface area contributed by atoms with Gasteiger partial charge in [0.05, 0.1) is 39.1 Å². The van der Waals surface area contributed by atoms with E-state index >= 15 is 0 Å². The van der Waals surface area contributed by atoms with E-state index in [1.807, 2.05) is 12.1 Å². The molecule has 0 bridgehead atoms. The number of benzene rings is 7. The van der Waals surface area contributed by atoms with E-state index in [4.69, 9.17) is 9.97 Å². The topological polar surface area (TPSA) is 35.6 Å². The lowest BCUT2D eigenvalue weighted by molar-refractivity contribution is 0.632. The van der Waals surface area contributed by atoms with Crippen molar-refractivity contribution in [1.29, 1.82) is 0 Å². The highest BCUT2D eigenvalue weighted by Gasteiger charge is 2.37. The van der Waals surface area contributed by atoms with Gasteiger partial charge in [-0.2, -0.15) is 0 Å². The molecule has 1 aliphatic heterocycles. The Balaban J connectivity index is 1.28. The minimum absolute atomic E-state index is 0.246. The van der Waals surface area contributed by atoms with E-state index in [1.54, 1.807) is 0 Å². The van der Waals surface area contributed by atoms with Gasteiger partial charge in [0.25, 0.3) is 0 Å².